The van der Waals surface area contributed by atoms with Gasteiger partial charge >= 0.3 is 5.97 Å². The van der Waals surface area contributed by atoms with Crippen molar-refractivity contribution in [2.24, 2.45) is 0 Å². The van der Waals surface area contributed by atoms with E-state index in [4.69, 9.17) is 0 Å². The van der Waals surface area contributed by atoms with Gasteiger partial charge in [-0.1, -0.05) is 0 Å². The third-order valence-electron chi connectivity index (χ3n) is 2.90. The lowest BCUT2D eigenvalue weighted by atomic mass is 9.90. The lowest BCUT2D eigenvalue weighted by molar-refractivity contribution is -0.158. The second-order valence-electron chi connectivity index (χ2n) is 3.88. The largest absolute Gasteiger partial charge is 0.479 e. The number of rotatable bonds is 4. The fourth-order valence-electron chi connectivity index (χ4n) is 1.92. The third kappa shape index (κ3) is 2.27. The summed E-state index contributed by atoms with van der Waals surface area (Å²) in [6, 6.07) is 3.22. The molecule has 5 nitrogen and oxygen atoms in total. The van der Waals surface area contributed by atoms with Crippen LogP contribution in [0.1, 0.15) is 26.3 Å². The van der Waals surface area contributed by atoms with Crippen molar-refractivity contribution in [2.75, 3.05) is 6.54 Å². The number of aliphatic carboxylic acids is 1. The molecule has 0 aromatic carbocycles. The van der Waals surface area contributed by atoms with Crippen molar-refractivity contribution in [3.8, 4) is 0 Å². The molecule has 0 radical (unpaired) electrons. The highest BCUT2D eigenvalue weighted by atomic mass is 16.4. The summed E-state index contributed by atoms with van der Waals surface area (Å²) in [6.07, 6.45) is 3.04. The first kappa shape index (κ1) is 13.2. The maximum atomic E-state index is 11.5. The highest BCUT2D eigenvalue weighted by molar-refractivity contribution is 5.86. The van der Waals surface area contributed by atoms with Gasteiger partial charge < -0.3 is 10.0 Å². The Bertz CT molecular complexity index is 419. The number of carbonyl (C=O) groups is 2. The molecule has 0 saturated carbocycles. The number of nitrogens with zero attached hydrogens (tertiary/aromatic N) is 2. The lowest BCUT2D eigenvalue weighted by Gasteiger charge is -2.36. The van der Waals surface area contributed by atoms with Gasteiger partial charge in [0.15, 0.2) is 5.54 Å². The Morgan fingerprint density at radius 1 is 1.41 bits per heavy atom. The summed E-state index contributed by atoms with van der Waals surface area (Å²) in [7, 11) is 0. The normalized spacial score (nSPS) is 13.8. The summed E-state index contributed by atoms with van der Waals surface area (Å²) in [5, 5.41) is 9.42. The SMILES string of the molecule is CCN(C(C)=O)C(C)(C(=O)O)c1ccncc1. The number of hydrogen-bond donors (Lipinski definition) is 1. The fourth-order valence-corrected chi connectivity index (χ4v) is 1.92. The quantitative estimate of drug-likeness (QED) is 0.854. The molecular weight excluding hydrogens is 220 g/mol. The van der Waals surface area contributed by atoms with Crippen LogP contribution in [0.3, 0.4) is 0 Å². The van der Waals surface area contributed by atoms with Gasteiger partial charge in [-0.2, -0.15) is 0 Å². The zero-order chi connectivity index (χ0) is 13.1. The molecule has 0 aliphatic heterocycles. The van der Waals surface area contributed by atoms with E-state index in [2.05, 4.69) is 4.98 Å². The molecule has 1 amide bonds. The van der Waals surface area contributed by atoms with Crippen molar-refractivity contribution < 1.29 is 14.7 Å². The van der Waals surface area contributed by atoms with Crippen LogP contribution < -0.4 is 0 Å². The summed E-state index contributed by atoms with van der Waals surface area (Å²) in [5.74, 6) is -1.32. The second-order valence-corrected chi connectivity index (χ2v) is 3.88. The van der Waals surface area contributed by atoms with Gasteiger partial charge in [0.05, 0.1) is 0 Å². The van der Waals surface area contributed by atoms with E-state index in [-0.39, 0.29) is 5.91 Å². The summed E-state index contributed by atoms with van der Waals surface area (Å²) < 4.78 is 0. The predicted octanol–water partition coefficient (Wildman–Crippen LogP) is 1.25. The number of amides is 1. The van der Waals surface area contributed by atoms with Crippen LogP contribution in [0, 0.1) is 0 Å². The Balaban J connectivity index is 3.32. The highest BCUT2D eigenvalue weighted by Gasteiger charge is 2.42. The van der Waals surface area contributed by atoms with Crippen LogP contribution in [0.4, 0.5) is 0 Å². The average Bonchev–Trinajstić information content (AvgIpc) is 2.30. The molecule has 1 unspecified atom stereocenters. The van der Waals surface area contributed by atoms with E-state index in [1.807, 2.05) is 0 Å². The van der Waals surface area contributed by atoms with E-state index in [9.17, 15) is 14.7 Å². The first-order chi connectivity index (χ1) is 7.94. The van der Waals surface area contributed by atoms with Crippen LogP contribution in [-0.4, -0.2) is 33.4 Å². The molecule has 1 aromatic heterocycles. The van der Waals surface area contributed by atoms with Gasteiger partial charge in [-0.25, -0.2) is 4.79 Å². The molecule has 92 valence electrons. The van der Waals surface area contributed by atoms with Gasteiger partial charge in [0.2, 0.25) is 5.91 Å². The van der Waals surface area contributed by atoms with Gasteiger partial charge in [-0.15, -0.1) is 0 Å². The van der Waals surface area contributed by atoms with Gasteiger partial charge in [0.1, 0.15) is 0 Å². The number of likely N-dealkylation sites (N-methyl/N-ethyl adjacent to an activating group) is 1. The zero-order valence-corrected chi connectivity index (χ0v) is 10.2. The van der Waals surface area contributed by atoms with Crippen molar-refractivity contribution in [1.29, 1.82) is 0 Å². The number of carbonyl (C=O) groups excluding carboxylic acids is 1. The van der Waals surface area contributed by atoms with Crippen LogP contribution in [0.15, 0.2) is 24.5 Å². The highest BCUT2D eigenvalue weighted by Crippen LogP contribution is 2.28. The molecule has 5 heteroatoms. The Labute approximate surface area is 100 Å². The molecule has 0 saturated heterocycles. The Hall–Kier alpha value is -1.91. The minimum absolute atomic E-state index is 0.269. The number of aromatic nitrogens is 1. The first-order valence-corrected chi connectivity index (χ1v) is 5.36. The molecule has 1 rings (SSSR count). The number of pyridine rings is 1. The van der Waals surface area contributed by atoms with Crippen LogP contribution in [0.5, 0.6) is 0 Å². The minimum atomic E-state index is -1.36. The van der Waals surface area contributed by atoms with Crippen molar-refractivity contribution in [3.63, 3.8) is 0 Å². The Kier molecular flexibility index (Phi) is 3.83. The molecule has 0 aliphatic rings. The Morgan fingerprint density at radius 2 is 1.94 bits per heavy atom. The minimum Gasteiger partial charge on any atom is -0.479 e. The van der Waals surface area contributed by atoms with Gasteiger partial charge in [-0.3, -0.25) is 9.78 Å². The van der Waals surface area contributed by atoms with E-state index >= 15 is 0 Å². The molecule has 0 spiro atoms. The van der Waals surface area contributed by atoms with Crippen molar-refractivity contribution in [1.82, 2.24) is 9.88 Å². The third-order valence-corrected chi connectivity index (χ3v) is 2.90. The van der Waals surface area contributed by atoms with Crippen LogP contribution in [0.25, 0.3) is 0 Å². The standard InChI is InChI=1S/C12H16N2O3/c1-4-14(9(2)15)12(3,11(16)17)10-5-7-13-8-6-10/h5-8H,4H2,1-3H3,(H,16,17). The van der Waals surface area contributed by atoms with Crippen molar-refractivity contribution in [3.05, 3.63) is 30.1 Å². The molecular formula is C12H16N2O3. The van der Waals surface area contributed by atoms with E-state index in [0.29, 0.717) is 12.1 Å². The van der Waals surface area contributed by atoms with Crippen molar-refractivity contribution >= 4 is 11.9 Å². The maximum absolute atomic E-state index is 11.5. The van der Waals surface area contributed by atoms with Crippen molar-refractivity contribution in [2.45, 2.75) is 26.3 Å². The number of hydrogen-bond acceptors (Lipinski definition) is 3. The molecule has 0 bridgehead atoms. The van der Waals surface area contributed by atoms with Gasteiger partial charge in [0, 0.05) is 25.9 Å². The van der Waals surface area contributed by atoms with Gasteiger partial charge in [-0.05, 0) is 31.5 Å². The summed E-state index contributed by atoms with van der Waals surface area (Å²) in [4.78, 5) is 28.2. The molecule has 0 aliphatic carbocycles. The topological polar surface area (TPSA) is 70.5 Å². The first-order valence-electron chi connectivity index (χ1n) is 5.36. The predicted molar refractivity (Wildman–Crippen MR) is 62.3 cm³/mol. The number of carboxylic acid groups (broad SMARTS) is 1. The maximum Gasteiger partial charge on any atom is 0.334 e. The molecule has 0 fully saturated rings. The Morgan fingerprint density at radius 3 is 2.29 bits per heavy atom. The van der Waals surface area contributed by atoms with E-state index in [1.165, 1.54) is 31.1 Å². The molecule has 1 atom stereocenters. The molecule has 1 heterocycles. The zero-order valence-electron chi connectivity index (χ0n) is 10.2. The fraction of sp³-hybridized carbons (Fsp3) is 0.417. The van der Waals surface area contributed by atoms with E-state index in [1.54, 1.807) is 19.1 Å². The molecule has 1 aromatic rings. The second kappa shape index (κ2) is 4.95. The summed E-state index contributed by atoms with van der Waals surface area (Å²) >= 11 is 0. The average molecular weight is 236 g/mol. The van der Waals surface area contributed by atoms with Gasteiger partial charge in [0.25, 0.3) is 0 Å². The summed E-state index contributed by atoms with van der Waals surface area (Å²) in [6.45, 7) is 4.98. The monoisotopic (exact) mass is 236 g/mol. The summed E-state index contributed by atoms with van der Waals surface area (Å²) in [5.41, 5.74) is -0.819. The van der Waals surface area contributed by atoms with Crippen LogP contribution in [-0.2, 0) is 15.1 Å². The lowest BCUT2D eigenvalue weighted by Crippen LogP contribution is -2.51. The molecule has 1 N–H and O–H groups in total. The van der Waals surface area contributed by atoms with Crippen LogP contribution >= 0.6 is 0 Å². The van der Waals surface area contributed by atoms with Crippen LogP contribution in [0.2, 0.25) is 0 Å². The molecule has 17 heavy (non-hydrogen) atoms. The smallest absolute Gasteiger partial charge is 0.334 e. The van der Waals surface area contributed by atoms with E-state index < -0.39 is 11.5 Å². The van der Waals surface area contributed by atoms with E-state index in [0.717, 1.165) is 0 Å². The number of carboxylic acids is 1.